The first kappa shape index (κ1) is 14.7. The van der Waals surface area contributed by atoms with Gasteiger partial charge in [-0.1, -0.05) is 13.3 Å². The SMILES string of the molecule is CCCCN1C=CN(C)C1.[Cl][Mn]([Cl])[Cl]. The van der Waals surface area contributed by atoms with Crippen molar-refractivity contribution in [2.75, 3.05) is 20.3 Å². The number of halogens is 3. The van der Waals surface area contributed by atoms with Crippen molar-refractivity contribution in [1.82, 2.24) is 9.80 Å². The van der Waals surface area contributed by atoms with Crippen LogP contribution in [-0.2, 0) is 11.2 Å². The van der Waals surface area contributed by atoms with E-state index in [-0.39, 0.29) is 0 Å². The second kappa shape index (κ2) is 8.99. The standard InChI is InChI=1S/C8H16N2.3ClH.Mn/c1-3-4-5-10-7-6-9(2)8-10;;;;/h6-7H,3-5,8H2,1-2H3;3*1H;/q;;;;+3/p-3. The molecule has 0 N–H and O–H groups in total. The van der Waals surface area contributed by atoms with E-state index in [1.54, 1.807) is 0 Å². The molecule has 0 fully saturated rings. The van der Waals surface area contributed by atoms with Crippen LogP contribution in [0.5, 0.6) is 0 Å². The maximum atomic E-state index is 4.91. The Morgan fingerprint density at radius 3 is 2.21 bits per heavy atom. The van der Waals surface area contributed by atoms with Gasteiger partial charge in [0.05, 0.1) is 6.67 Å². The van der Waals surface area contributed by atoms with E-state index in [1.165, 1.54) is 19.4 Å². The summed E-state index contributed by atoms with van der Waals surface area (Å²) >= 11 is -1.48. The van der Waals surface area contributed by atoms with Crippen LogP contribution in [-0.4, -0.2) is 30.1 Å². The van der Waals surface area contributed by atoms with Crippen LogP contribution in [0.25, 0.3) is 0 Å². The molecule has 1 aliphatic heterocycles. The molecule has 0 amide bonds. The molecule has 0 saturated carbocycles. The molecule has 0 spiro atoms. The van der Waals surface area contributed by atoms with E-state index in [9.17, 15) is 0 Å². The Morgan fingerprint density at radius 2 is 1.86 bits per heavy atom. The van der Waals surface area contributed by atoms with Crippen molar-refractivity contribution < 1.29 is 11.2 Å². The van der Waals surface area contributed by atoms with Gasteiger partial charge < -0.3 is 9.80 Å². The summed E-state index contributed by atoms with van der Waals surface area (Å²) in [6.45, 7) is 4.50. The first-order valence-electron chi connectivity index (χ1n) is 4.38. The number of nitrogens with zero attached hydrogens (tertiary/aromatic N) is 2. The van der Waals surface area contributed by atoms with Crippen molar-refractivity contribution in [1.29, 1.82) is 0 Å². The molecule has 0 bridgehead atoms. The summed E-state index contributed by atoms with van der Waals surface area (Å²) in [5.74, 6) is 0. The van der Waals surface area contributed by atoms with Gasteiger partial charge in [0, 0.05) is 26.0 Å². The van der Waals surface area contributed by atoms with Gasteiger partial charge in [-0.25, -0.2) is 0 Å². The Kier molecular flexibility index (Phi) is 9.46. The van der Waals surface area contributed by atoms with Crippen molar-refractivity contribution >= 4 is 30.3 Å². The Bertz CT molecular complexity index is 164. The van der Waals surface area contributed by atoms with Crippen LogP contribution in [0.15, 0.2) is 12.4 Å². The topological polar surface area (TPSA) is 6.48 Å². The molecular formula is C8H16Cl3MnN2. The van der Waals surface area contributed by atoms with Crippen LogP contribution in [0.2, 0.25) is 0 Å². The minimum absolute atomic E-state index is 1.07. The van der Waals surface area contributed by atoms with Crippen LogP contribution in [0.4, 0.5) is 0 Å². The molecule has 1 rings (SSSR count). The van der Waals surface area contributed by atoms with E-state index in [4.69, 9.17) is 30.3 Å². The molecule has 0 saturated heterocycles. The molecular weight excluding hydrogens is 285 g/mol. The Morgan fingerprint density at radius 1 is 1.29 bits per heavy atom. The molecule has 1 heterocycles. The molecule has 0 radical (unpaired) electrons. The summed E-state index contributed by atoms with van der Waals surface area (Å²) in [4.78, 5) is 4.53. The molecule has 2 nitrogen and oxygen atoms in total. The summed E-state index contributed by atoms with van der Waals surface area (Å²) in [5, 5.41) is 0. The molecule has 0 aliphatic carbocycles. The summed E-state index contributed by atoms with van der Waals surface area (Å²) < 4.78 is 0. The van der Waals surface area contributed by atoms with Crippen molar-refractivity contribution in [2.45, 2.75) is 19.8 Å². The average Bonchev–Trinajstić information content (AvgIpc) is 2.47. The molecule has 0 aromatic heterocycles. The number of hydrogen-bond donors (Lipinski definition) is 0. The molecule has 14 heavy (non-hydrogen) atoms. The quantitative estimate of drug-likeness (QED) is 0.736. The third-order valence-electron chi connectivity index (χ3n) is 1.74. The fourth-order valence-electron chi connectivity index (χ4n) is 1.10. The fourth-order valence-corrected chi connectivity index (χ4v) is 1.10. The van der Waals surface area contributed by atoms with E-state index in [0.29, 0.717) is 0 Å². The van der Waals surface area contributed by atoms with Crippen LogP contribution >= 0.6 is 30.3 Å². The third kappa shape index (κ3) is 9.29. The van der Waals surface area contributed by atoms with Gasteiger partial charge in [-0.3, -0.25) is 0 Å². The van der Waals surface area contributed by atoms with E-state index in [0.717, 1.165) is 6.67 Å². The van der Waals surface area contributed by atoms with Crippen molar-refractivity contribution in [3.05, 3.63) is 12.4 Å². The second-order valence-corrected chi connectivity index (χ2v) is 8.87. The Labute approximate surface area is 103 Å². The average molecular weight is 302 g/mol. The molecule has 0 aromatic carbocycles. The van der Waals surface area contributed by atoms with Gasteiger partial charge in [0.15, 0.2) is 0 Å². The maximum absolute atomic E-state index is 4.91. The summed E-state index contributed by atoms with van der Waals surface area (Å²) in [6, 6.07) is 0. The zero-order valence-electron chi connectivity index (χ0n) is 8.39. The van der Waals surface area contributed by atoms with Gasteiger partial charge in [0.2, 0.25) is 0 Å². The summed E-state index contributed by atoms with van der Waals surface area (Å²) in [7, 11) is 16.8. The predicted octanol–water partition coefficient (Wildman–Crippen LogP) is 3.53. The zero-order chi connectivity index (χ0) is 11.0. The van der Waals surface area contributed by atoms with Gasteiger partial charge in [0.1, 0.15) is 0 Å². The summed E-state index contributed by atoms with van der Waals surface area (Å²) in [6.07, 6.45) is 6.87. The zero-order valence-corrected chi connectivity index (χ0v) is 11.8. The molecule has 0 aromatic rings. The monoisotopic (exact) mass is 300 g/mol. The van der Waals surface area contributed by atoms with Gasteiger partial charge in [-0.15, -0.1) is 0 Å². The van der Waals surface area contributed by atoms with E-state index >= 15 is 0 Å². The Hall–Kier alpha value is 0.729. The number of hydrogen-bond acceptors (Lipinski definition) is 2. The van der Waals surface area contributed by atoms with Crippen LogP contribution in [0.3, 0.4) is 0 Å². The fraction of sp³-hybridized carbons (Fsp3) is 0.750. The summed E-state index contributed by atoms with van der Waals surface area (Å²) in [5.41, 5.74) is 0. The van der Waals surface area contributed by atoms with Crippen LogP contribution < -0.4 is 0 Å². The second-order valence-electron chi connectivity index (χ2n) is 3.02. The third-order valence-corrected chi connectivity index (χ3v) is 1.74. The minimum atomic E-state index is -1.48. The molecule has 0 unspecified atom stereocenters. The van der Waals surface area contributed by atoms with Crippen molar-refractivity contribution in [3.63, 3.8) is 0 Å². The molecule has 6 heteroatoms. The van der Waals surface area contributed by atoms with Gasteiger partial charge in [0.25, 0.3) is 0 Å². The first-order chi connectivity index (χ1) is 6.56. The van der Waals surface area contributed by atoms with Crippen molar-refractivity contribution in [2.24, 2.45) is 0 Å². The van der Waals surface area contributed by atoms with E-state index in [1.807, 2.05) is 0 Å². The van der Waals surface area contributed by atoms with Crippen molar-refractivity contribution in [3.8, 4) is 0 Å². The normalized spacial score (nSPS) is 15.4. The number of unbranched alkanes of at least 4 members (excludes halogenated alkanes) is 1. The van der Waals surface area contributed by atoms with Gasteiger partial charge >= 0.3 is 41.5 Å². The Balaban J connectivity index is 0.000000364. The number of rotatable bonds is 3. The van der Waals surface area contributed by atoms with E-state index < -0.39 is 11.2 Å². The van der Waals surface area contributed by atoms with Gasteiger partial charge in [-0.2, -0.15) is 0 Å². The van der Waals surface area contributed by atoms with Gasteiger partial charge in [-0.05, 0) is 6.42 Å². The molecule has 0 atom stereocenters. The predicted molar refractivity (Wildman–Crippen MR) is 60.9 cm³/mol. The van der Waals surface area contributed by atoms with E-state index in [2.05, 4.69) is 36.2 Å². The van der Waals surface area contributed by atoms with Crippen LogP contribution in [0, 0.1) is 0 Å². The van der Waals surface area contributed by atoms with Crippen LogP contribution in [0.1, 0.15) is 19.8 Å². The molecule has 86 valence electrons. The first-order valence-corrected chi connectivity index (χ1v) is 9.25. The molecule has 1 aliphatic rings.